The summed E-state index contributed by atoms with van der Waals surface area (Å²) in [6.07, 6.45) is 0.991. The summed E-state index contributed by atoms with van der Waals surface area (Å²) in [6, 6.07) is 11.3. The van der Waals surface area contributed by atoms with E-state index in [9.17, 15) is 9.59 Å². The molecule has 2 heterocycles. The molecule has 8 heteroatoms. The molecule has 0 saturated heterocycles. The van der Waals surface area contributed by atoms with Crippen LogP contribution in [0.3, 0.4) is 0 Å². The zero-order chi connectivity index (χ0) is 24.0. The monoisotopic (exact) mass is 543 g/mol. The number of benzene rings is 2. The Morgan fingerprint density at radius 1 is 1.18 bits per heavy atom. The summed E-state index contributed by atoms with van der Waals surface area (Å²) in [7, 11) is 0. The minimum absolute atomic E-state index is 0.00225. The van der Waals surface area contributed by atoms with Crippen molar-refractivity contribution in [1.82, 2.24) is 5.32 Å². The molecule has 1 N–H and O–H groups in total. The van der Waals surface area contributed by atoms with E-state index in [0.29, 0.717) is 46.2 Å². The molecular weight excluding hydrogens is 522 g/mol. The fraction of sp³-hybridized carbons (Fsp3) is 0.308. The number of rotatable bonds is 4. The van der Waals surface area contributed by atoms with Crippen LogP contribution in [0.5, 0.6) is 11.5 Å². The molecule has 0 saturated carbocycles. The van der Waals surface area contributed by atoms with Crippen LogP contribution in [0.1, 0.15) is 49.7 Å². The molecule has 3 aliphatic rings. The fourth-order valence-electron chi connectivity index (χ4n) is 4.95. The average Bonchev–Trinajstić information content (AvgIpc) is 3.25. The number of halogens is 2. The van der Waals surface area contributed by atoms with E-state index >= 15 is 0 Å². The zero-order valence-electron chi connectivity index (χ0n) is 18.7. The van der Waals surface area contributed by atoms with Crippen LogP contribution >= 0.6 is 27.5 Å². The minimum atomic E-state index is -0.585. The van der Waals surface area contributed by atoms with E-state index in [0.717, 1.165) is 21.3 Å². The van der Waals surface area contributed by atoms with Crippen LogP contribution in [0, 0.1) is 0 Å². The van der Waals surface area contributed by atoms with Crippen molar-refractivity contribution in [3.05, 3.63) is 79.6 Å². The van der Waals surface area contributed by atoms with Gasteiger partial charge in [-0.2, -0.15) is 0 Å². The lowest BCUT2D eigenvalue weighted by atomic mass is 9.71. The highest BCUT2D eigenvalue weighted by molar-refractivity contribution is 9.10. The lowest BCUT2D eigenvalue weighted by molar-refractivity contribution is -0.138. The molecule has 34 heavy (non-hydrogen) atoms. The smallest absolute Gasteiger partial charge is 0.336 e. The van der Waals surface area contributed by atoms with Crippen molar-refractivity contribution in [2.75, 3.05) is 13.4 Å². The fourth-order valence-corrected chi connectivity index (χ4v) is 5.63. The summed E-state index contributed by atoms with van der Waals surface area (Å²) >= 11 is 9.70. The lowest BCUT2D eigenvalue weighted by Gasteiger charge is -2.37. The summed E-state index contributed by atoms with van der Waals surface area (Å²) in [4.78, 5) is 26.8. The number of Topliss-reactive ketones (excluding diaryl/α,β-unsaturated/α-hetero) is 1. The molecule has 0 spiro atoms. The van der Waals surface area contributed by atoms with Gasteiger partial charge in [-0.1, -0.05) is 39.7 Å². The number of carbonyl (C=O) groups excluding carboxylic acids is 2. The second-order valence-corrected chi connectivity index (χ2v) is 9.81. The number of ether oxygens (including phenoxy) is 3. The van der Waals surface area contributed by atoms with E-state index in [4.69, 9.17) is 25.8 Å². The van der Waals surface area contributed by atoms with Gasteiger partial charge in [0, 0.05) is 38.8 Å². The van der Waals surface area contributed by atoms with E-state index in [-0.39, 0.29) is 25.1 Å². The molecule has 2 aromatic carbocycles. The van der Waals surface area contributed by atoms with Gasteiger partial charge >= 0.3 is 5.97 Å². The second-order valence-electron chi connectivity index (χ2n) is 8.52. The number of allylic oxidation sites excluding steroid dienone is 3. The number of esters is 1. The maximum atomic E-state index is 13.7. The largest absolute Gasteiger partial charge is 0.463 e. The summed E-state index contributed by atoms with van der Waals surface area (Å²) in [5.41, 5.74) is 4.35. The second kappa shape index (κ2) is 9.12. The van der Waals surface area contributed by atoms with Gasteiger partial charge in [-0.3, -0.25) is 4.79 Å². The molecule has 2 aliphatic heterocycles. The number of carbonyl (C=O) groups is 2. The SMILES string of the molecule is CCOC(=O)C1=C(C)NC2=C(C(=O)CC(c3ccc(Cl)cc3)C2)C1c1cc2c(cc1Br)OCO2. The van der Waals surface area contributed by atoms with Gasteiger partial charge in [0.2, 0.25) is 6.79 Å². The molecule has 0 fully saturated rings. The number of nitrogens with one attached hydrogen (secondary N) is 1. The number of fused-ring (bicyclic) bond motifs is 1. The molecule has 2 unspecified atom stereocenters. The van der Waals surface area contributed by atoms with Crippen LogP contribution in [0.2, 0.25) is 5.02 Å². The quantitative estimate of drug-likeness (QED) is 0.494. The van der Waals surface area contributed by atoms with Crippen LogP contribution < -0.4 is 14.8 Å². The molecule has 6 nitrogen and oxygen atoms in total. The van der Waals surface area contributed by atoms with E-state index in [1.165, 1.54) is 0 Å². The highest BCUT2D eigenvalue weighted by atomic mass is 79.9. The first-order valence-electron chi connectivity index (χ1n) is 11.1. The van der Waals surface area contributed by atoms with Crippen LogP contribution in [0.25, 0.3) is 0 Å². The zero-order valence-corrected chi connectivity index (χ0v) is 21.1. The van der Waals surface area contributed by atoms with E-state index in [1.54, 1.807) is 6.92 Å². The predicted octanol–water partition coefficient (Wildman–Crippen LogP) is 5.76. The van der Waals surface area contributed by atoms with Gasteiger partial charge < -0.3 is 19.5 Å². The Bertz CT molecular complexity index is 1250. The Morgan fingerprint density at radius 3 is 2.59 bits per heavy atom. The Labute approximate surface area is 211 Å². The highest BCUT2D eigenvalue weighted by Crippen LogP contribution is 2.49. The van der Waals surface area contributed by atoms with Crippen LogP contribution in [0.15, 0.2) is 63.4 Å². The summed E-state index contributed by atoms with van der Waals surface area (Å²) in [6.45, 7) is 3.98. The van der Waals surface area contributed by atoms with Crippen molar-refractivity contribution in [3.63, 3.8) is 0 Å². The molecule has 2 aromatic rings. The van der Waals surface area contributed by atoms with Crippen molar-refractivity contribution >= 4 is 39.3 Å². The van der Waals surface area contributed by atoms with Crippen molar-refractivity contribution in [2.24, 2.45) is 0 Å². The first-order chi connectivity index (χ1) is 16.4. The maximum Gasteiger partial charge on any atom is 0.336 e. The molecule has 176 valence electrons. The van der Waals surface area contributed by atoms with Crippen molar-refractivity contribution < 1.29 is 23.8 Å². The Morgan fingerprint density at radius 2 is 1.88 bits per heavy atom. The van der Waals surface area contributed by atoms with Crippen molar-refractivity contribution in [2.45, 2.75) is 38.5 Å². The highest BCUT2D eigenvalue weighted by Gasteiger charge is 2.42. The van der Waals surface area contributed by atoms with E-state index in [1.807, 2.05) is 43.3 Å². The Hall–Kier alpha value is -2.77. The first kappa shape index (κ1) is 23.0. The van der Waals surface area contributed by atoms with Gasteiger partial charge in [0.15, 0.2) is 17.3 Å². The van der Waals surface area contributed by atoms with Crippen LogP contribution in [0.4, 0.5) is 0 Å². The number of ketones is 1. The number of dihydropyridines is 1. The predicted molar refractivity (Wildman–Crippen MR) is 131 cm³/mol. The Balaban J connectivity index is 1.62. The normalized spacial score (nSPS) is 21.4. The summed E-state index contributed by atoms with van der Waals surface area (Å²) < 4.78 is 17.2. The van der Waals surface area contributed by atoms with Gasteiger partial charge in [-0.25, -0.2) is 4.79 Å². The molecule has 0 amide bonds. The molecule has 0 aromatic heterocycles. The molecule has 1 aliphatic carbocycles. The minimum Gasteiger partial charge on any atom is -0.463 e. The van der Waals surface area contributed by atoms with E-state index in [2.05, 4.69) is 21.2 Å². The molecular formula is C26H23BrClNO5. The molecule has 0 radical (unpaired) electrons. The maximum absolute atomic E-state index is 13.7. The summed E-state index contributed by atoms with van der Waals surface area (Å²) in [5, 5.41) is 4.02. The third-order valence-electron chi connectivity index (χ3n) is 6.47. The third-order valence-corrected chi connectivity index (χ3v) is 7.41. The standard InChI is InChI=1S/C26H23BrClNO5/c1-3-32-26(31)23-13(2)29-19-8-15(14-4-6-16(28)7-5-14)9-20(30)25(19)24(23)17-10-21-22(11-18(17)27)34-12-33-21/h4-7,10-11,15,24,29H,3,8-9,12H2,1-2H3. The molecule has 5 rings (SSSR count). The Kier molecular flexibility index (Phi) is 6.16. The van der Waals surface area contributed by atoms with Crippen LogP contribution in [-0.2, 0) is 14.3 Å². The van der Waals surface area contributed by atoms with Crippen LogP contribution in [-0.4, -0.2) is 25.2 Å². The number of hydrogen-bond acceptors (Lipinski definition) is 6. The van der Waals surface area contributed by atoms with Crippen molar-refractivity contribution in [3.8, 4) is 11.5 Å². The first-order valence-corrected chi connectivity index (χ1v) is 12.3. The third kappa shape index (κ3) is 4.01. The van der Waals surface area contributed by atoms with Gasteiger partial charge in [-0.05, 0) is 61.6 Å². The van der Waals surface area contributed by atoms with Gasteiger partial charge in [0.25, 0.3) is 0 Å². The van der Waals surface area contributed by atoms with Crippen molar-refractivity contribution in [1.29, 1.82) is 0 Å². The van der Waals surface area contributed by atoms with E-state index < -0.39 is 11.9 Å². The average molecular weight is 545 g/mol. The summed E-state index contributed by atoms with van der Waals surface area (Å²) in [5.74, 6) is 0.197. The molecule has 0 bridgehead atoms. The molecule has 2 atom stereocenters. The van der Waals surface area contributed by atoms with Gasteiger partial charge in [0.05, 0.1) is 12.2 Å². The lowest BCUT2D eigenvalue weighted by Crippen LogP contribution is -2.36. The topological polar surface area (TPSA) is 73.9 Å². The van der Waals surface area contributed by atoms with Gasteiger partial charge in [0.1, 0.15) is 0 Å². The van der Waals surface area contributed by atoms with Gasteiger partial charge in [-0.15, -0.1) is 0 Å². The number of hydrogen-bond donors (Lipinski definition) is 1.